The normalized spacial score (nSPS) is 17.8. The lowest BCUT2D eigenvalue weighted by molar-refractivity contribution is -0.126. The second-order valence-electron chi connectivity index (χ2n) is 7.26. The third-order valence-electron chi connectivity index (χ3n) is 5.25. The van der Waals surface area contributed by atoms with E-state index in [-0.39, 0.29) is 23.3 Å². The van der Waals surface area contributed by atoms with Crippen molar-refractivity contribution in [3.8, 4) is 0 Å². The Balaban J connectivity index is 1.40. The molecule has 1 atom stereocenters. The Hall–Kier alpha value is -2.07. The van der Waals surface area contributed by atoms with Gasteiger partial charge in [-0.15, -0.1) is 0 Å². The van der Waals surface area contributed by atoms with Gasteiger partial charge in [-0.25, -0.2) is 8.42 Å². The Bertz CT molecular complexity index is 1150. The van der Waals surface area contributed by atoms with Gasteiger partial charge >= 0.3 is 0 Å². The number of halogens is 1. The molecule has 1 aromatic heterocycles. The van der Waals surface area contributed by atoms with Gasteiger partial charge in [0.15, 0.2) is 0 Å². The van der Waals surface area contributed by atoms with Gasteiger partial charge in [-0.05, 0) is 49.1 Å². The molecular weight excluding hydrogens is 444 g/mol. The monoisotopic (exact) mass is 464 g/mol. The quantitative estimate of drug-likeness (QED) is 0.605. The third kappa shape index (κ3) is 4.49. The molecule has 7 nitrogen and oxygen atoms in total. The predicted molar refractivity (Wildman–Crippen MR) is 117 cm³/mol. The molecule has 1 saturated heterocycles. The SMILES string of the molecule is O=C(NCCc1ccc(Cl)cc1)C1CCCN(S(=O)(=O)c2cccc3nsnc23)C1. The van der Waals surface area contributed by atoms with Crippen molar-refractivity contribution in [2.45, 2.75) is 24.2 Å². The number of sulfonamides is 1. The van der Waals surface area contributed by atoms with Crippen LogP contribution in [0.1, 0.15) is 18.4 Å². The van der Waals surface area contributed by atoms with E-state index in [2.05, 4.69) is 14.1 Å². The molecule has 10 heteroatoms. The number of nitrogens with one attached hydrogen (secondary N) is 1. The number of aromatic nitrogens is 2. The largest absolute Gasteiger partial charge is 0.355 e. The summed E-state index contributed by atoms with van der Waals surface area (Å²) in [5, 5.41) is 3.61. The van der Waals surface area contributed by atoms with E-state index >= 15 is 0 Å². The predicted octanol–water partition coefficient (Wildman–Crippen LogP) is 3.10. The van der Waals surface area contributed by atoms with Gasteiger partial charge < -0.3 is 5.32 Å². The summed E-state index contributed by atoms with van der Waals surface area (Å²) in [6.45, 7) is 1.06. The lowest BCUT2D eigenvalue weighted by Crippen LogP contribution is -2.45. The Morgan fingerprint density at radius 2 is 2.00 bits per heavy atom. The molecule has 0 saturated carbocycles. The molecule has 0 radical (unpaired) electrons. The van der Waals surface area contributed by atoms with Crippen molar-refractivity contribution >= 4 is 50.3 Å². The highest BCUT2D eigenvalue weighted by Gasteiger charge is 2.34. The summed E-state index contributed by atoms with van der Waals surface area (Å²) < 4.78 is 36.1. The lowest BCUT2D eigenvalue weighted by Gasteiger charge is -2.31. The summed E-state index contributed by atoms with van der Waals surface area (Å²) in [5.74, 6) is -0.482. The molecule has 1 unspecified atom stereocenters. The number of carbonyl (C=O) groups excluding carboxylic acids is 1. The molecule has 2 heterocycles. The van der Waals surface area contributed by atoms with Crippen LogP contribution in [0.4, 0.5) is 0 Å². The number of piperidine rings is 1. The highest BCUT2D eigenvalue weighted by Crippen LogP contribution is 2.28. The van der Waals surface area contributed by atoms with Crippen LogP contribution in [0.5, 0.6) is 0 Å². The zero-order valence-corrected chi connectivity index (χ0v) is 18.5. The number of benzene rings is 2. The first-order valence-corrected chi connectivity index (χ1v) is 12.2. The van der Waals surface area contributed by atoms with E-state index in [1.54, 1.807) is 18.2 Å². The molecule has 30 heavy (non-hydrogen) atoms. The smallest absolute Gasteiger partial charge is 0.245 e. The molecule has 0 aliphatic carbocycles. The van der Waals surface area contributed by atoms with Crippen LogP contribution in [0, 0.1) is 5.92 Å². The van der Waals surface area contributed by atoms with E-state index in [9.17, 15) is 13.2 Å². The Morgan fingerprint density at radius 1 is 1.20 bits per heavy atom. The fourth-order valence-electron chi connectivity index (χ4n) is 3.63. The first kappa shape index (κ1) is 21.2. The number of nitrogens with zero attached hydrogens (tertiary/aromatic N) is 3. The van der Waals surface area contributed by atoms with Gasteiger partial charge in [0.05, 0.1) is 17.6 Å². The van der Waals surface area contributed by atoms with Crippen molar-refractivity contribution in [3.63, 3.8) is 0 Å². The molecule has 0 bridgehead atoms. The van der Waals surface area contributed by atoms with Gasteiger partial charge in [0, 0.05) is 24.7 Å². The molecule has 1 N–H and O–H groups in total. The van der Waals surface area contributed by atoms with Crippen molar-refractivity contribution in [2.24, 2.45) is 5.92 Å². The zero-order valence-electron chi connectivity index (χ0n) is 16.1. The fraction of sp³-hybridized carbons (Fsp3) is 0.350. The standard InChI is InChI=1S/C20H21ClN4O3S2/c21-16-8-6-14(7-9-16)10-11-22-20(26)15-3-2-12-25(13-15)30(27,28)18-5-1-4-17-19(18)24-29-23-17/h1,4-9,15H,2-3,10-13H2,(H,22,26). The van der Waals surface area contributed by atoms with Gasteiger partial charge in [0.25, 0.3) is 0 Å². The number of carbonyl (C=O) groups is 1. The van der Waals surface area contributed by atoms with Gasteiger partial charge in [0.2, 0.25) is 15.9 Å². The van der Waals surface area contributed by atoms with Gasteiger partial charge in [-0.3, -0.25) is 4.79 Å². The van der Waals surface area contributed by atoms with Crippen LogP contribution >= 0.6 is 23.3 Å². The molecule has 0 spiro atoms. The topological polar surface area (TPSA) is 92.3 Å². The van der Waals surface area contributed by atoms with E-state index in [0.29, 0.717) is 48.4 Å². The lowest BCUT2D eigenvalue weighted by atomic mass is 9.99. The van der Waals surface area contributed by atoms with Crippen molar-refractivity contribution in [1.29, 1.82) is 0 Å². The van der Waals surface area contributed by atoms with Gasteiger partial charge in [0.1, 0.15) is 15.9 Å². The molecular formula is C20H21ClN4O3S2. The number of amides is 1. The summed E-state index contributed by atoms with van der Waals surface area (Å²) in [6, 6.07) is 12.5. The third-order valence-corrected chi connectivity index (χ3v) is 7.94. The Labute approximate surface area is 184 Å². The zero-order chi connectivity index (χ0) is 21.1. The summed E-state index contributed by atoms with van der Waals surface area (Å²) in [7, 11) is -3.75. The average Bonchev–Trinajstić information content (AvgIpc) is 3.24. The van der Waals surface area contributed by atoms with Crippen LogP contribution < -0.4 is 5.32 Å². The van der Waals surface area contributed by atoms with Crippen LogP contribution in [0.3, 0.4) is 0 Å². The van der Waals surface area contributed by atoms with Crippen LogP contribution in [-0.2, 0) is 21.2 Å². The number of fused-ring (bicyclic) bond motifs is 1. The van der Waals surface area contributed by atoms with Crippen LogP contribution in [0.15, 0.2) is 47.4 Å². The van der Waals surface area contributed by atoms with Crippen molar-refractivity contribution in [3.05, 3.63) is 53.1 Å². The second-order valence-corrected chi connectivity index (χ2v) is 10.1. The summed E-state index contributed by atoms with van der Waals surface area (Å²) >= 11 is 6.88. The molecule has 2 aromatic carbocycles. The second kappa shape index (κ2) is 8.97. The highest BCUT2D eigenvalue weighted by atomic mass is 35.5. The van der Waals surface area contributed by atoms with E-state index in [4.69, 9.17) is 11.6 Å². The van der Waals surface area contributed by atoms with E-state index < -0.39 is 10.0 Å². The Kier molecular flexibility index (Phi) is 6.33. The van der Waals surface area contributed by atoms with E-state index in [0.717, 1.165) is 17.3 Å². The minimum absolute atomic E-state index is 0.114. The average molecular weight is 465 g/mol. The van der Waals surface area contributed by atoms with Gasteiger partial charge in [-0.1, -0.05) is 29.8 Å². The first-order valence-electron chi connectivity index (χ1n) is 9.69. The van der Waals surface area contributed by atoms with Crippen molar-refractivity contribution in [2.75, 3.05) is 19.6 Å². The first-order chi connectivity index (χ1) is 14.4. The highest BCUT2D eigenvalue weighted by molar-refractivity contribution is 7.89. The van der Waals surface area contributed by atoms with Crippen LogP contribution in [0.25, 0.3) is 11.0 Å². The minimum Gasteiger partial charge on any atom is -0.355 e. The maximum Gasteiger partial charge on any atom is 0.245 e. The molecule has 158 valence electrons. The molecule has 1 amide bonds. The molecule has 3 aromatic rings. The van der Waals surface area contributed by atoms with Crippen LogP contribution in [0.2, 0.25) is 5.02 Å². The summed E-state index contributed by atoms with van der Waals surface area (Å²) in [6.07, 6.45) is 2.00. The van der Waals surface area contributed by atoms with E-state index in [1.807, 2.05) is 24.3 Å². The van der Waals surface area contributed by atoms with Gasteiger partial charge in [-0.2, -0.15) is 13.1 Å². The maximum absolute atomic E-state index is 13.2. The van der Waals surface area contributed by atoms with Crippen LogP contribution in [-0.4, -0.2) is 47.0 Å². The molecule has 1 fully saturated rings. The van der Waals surface area contributed by atoms with Crippen molar-refractivity contribution < 1.29 is 13.2 Å². The Morgan fingerprint density at radius 3 is 2.80 bits per heavy atom. The van der Waals surface area contributed by atoms with Crippen molar-refractivity contribution in [1.82, 2.24) is 18.4 Å². The molecule has 1 aliphatic rings. The fourth-order valence-corrected chi connectivity index (χ4v) is 6.03. The molecule has 4 rings (SSSR count). The number of hydrogen-bond donors (Lipinski definition) is 1. The summed E-state index contributed by atoms with van der Waals surface area (Å²) in [4.78, 5) is 12.8. The summed E-state index contributed by atoms with van der Waals surface area (Å²) in [5.41, 5.74) is 2.03. The minimum atomic E-state index is -3.75. The maximum atomic E-state index is 13.2. The number of rotatable bonds is 6. The van der Waals surface area contributed by atoms with E-state index in [1.165, 1.54) is 4.31 Å². The number of hydrogen-bond acceptors (Lipinski definition) is 6. The molecule has 1 aliphatic heterocycles.